The lowest BCUT2D eigenvalue weighted by molar-refractivity contribution is -0.122. The van der Waals surface area contributed by atoms with Crippen molar-refractivity contribution in [3.63, 3.8) is 0 Å². The summed E-state index contributed by atoms with van der Waals surface area (Å²) in [6.45, 7) is 3.72. The number of carbonyl (C=O) groups excluding carboxylic acids is 1. The molecule has 0 radical (unpaired) electrons. The Bertz CT molecular complexity index is 404. The SMILES string of the molecule is CC(C)(N)CC(=O)NC1CCCc2occc21. The zero-order valence-corrected chi connectivity index (χ0v) is 10.5. The number of amides is 1. The van der Waals surface area contributed by atoms with Crippen LogP contribution in [0.15, 0.2) is 16.7 Å². The van der Waals surface area contributed by atoms with Crippen LogP contribution in [0.3, 0.4) is 0 Å². The molecule has 0 saturated carbocycles. The molecule has 4 heteroatoms. The first kappa shape index (κ1) is 12.2. The van der Waals surface area contributed by atoms with Crippen molar-refractivity contribution in [3.8, 4) is 0 Å². The molecule has 0 fully saturated rings. The summed E-state index contributed by atoms with van der Waals surface area (Å²) in [6, 6.07) is 2.04. The first-order chi connectivity index (χ1) is 7.96. The van der Waals surface area contributed by atoms with Crippen LogP contribution in [0.25, 0.3) is 0 Å². The highest BCUT2D eigenvalue weighted by molar-refractivity contribution is 5.77. The van der Waals surface area contributed by atoms with Crippen LogP contribution in [0.5, 0.6) is 0 Å². The van der Waals surface area contributed by atoms with Gasteiger partial charge < -0.3 is 15.5 Å². The van der Waals surface area contributed by atoms with E-state index in [0.29, 0.717) is 6.42 Å². The van der Waals surface area contributed by atoms with E-state index in [-0.39, 0.29) is 11.9 Å². The Morgan fingerprint density at radius 2 is 2.41 bits per heavy atom. The Labute approximate surface area is 102 Å². The molecule has 94 valence electrons. The number of carbonyl (C=O) groups is 1. The van der Waals surface area contributed by atoms with Gasteiger partial charge in [-0.2, -0.15) is 0 Å². The van der Waals surface area contributed by atoms with Crippen molar-refractivity contribution in [3.05, 3.63) is 23.7 Å². The molecule has 1 aliphatic rings. The van der Waals surface area contributed by atoms with Crippen molar-refractivity contribution in [2.24, 2.45) is 5.73 Å². The third-order valence-electron chi connectivity index (χ3n) is 3.00. The van der Waals surface area contributed by atoms with Crippen LogP contribution in [0.1, 0.15) is 50.5 Å². The molecule has 1 aromatic heterocycles. The van der Waals surface area contributed by atoms with Crippen LogP contribution in [0, 0.1) is 0 Å². The average Bonchev–Trinajstić information content (AvgIpc) is 2.63. The van der Waals surface area contributed by atoms with E-state index in [2.05, 4.69) is 5.32 Å². The predicted molar refractivity (Wildman–Crippen MR) is 65.4 cm³/mol. The molecule has 3 N–H and O–H groups in total. The summed E-state index contributed by atoms with van der Waals surface area (Å²) >= 11 is 0. The van der Waals surface area contributed by atoms with E-state index < -0.39 is 5.54 Å². The van der Waals surface area contributed by atoms with E-state index in [1.54, 1.807) is 6.26 Å². The fraction of sp³-hybridized carbons (Fsp3) is 0.615. The maximum atomic E-state index is 11.8. The normalized spacial score (nSPS) is 19.8. The average molecular weight is 236 g/mol. The molecular weight excluding hydrogens is 216 g/mol. The van der Waals surface area contributed by atoms with Crippen molar-refractivity contribution in [2.45, 2.75) is 51.1 Å². The van der Waals surface area contributed by atoms with Gasteiger partial charge in [-0.05, 0) is 32.8 Å². The van der Waals surface area contributed by atoms with Gasteiger partial charge in [0.2, 0.25) is 5.91 Å². The van der Waals surface area contributed by atoms with E-state index in [0.717, 1.165) is 30.6 Å². The number of fused-ring (bicyclic) bond motifs is 1. The topological polar surface area (TPSA) is 68.3 Å². The van der Waals surface area contributed by atoms with Crippen molar-refractivity contribution >= 4 is 5.91 Å². The van der Waals surface area contributed by atoms with Crippen LogP contribution in [-0.4, -0.2) is 11.4 Å². The highest BCUT2D eigenvalue weighted by Gasteiger charge is 2.25. The van der Waals surface area contributed by atoms with Gasteiger partial charge in [0.25, 0.3) is 0 Å². The molecule has 17 heavy (non-hydrogen) atoms. The number of furan rings is 1. The number of rotatable bonds is 3. The van der Waals surface area contributed by atoms with Gasteiger partial charge >= 0.3 is 0 Å². The van der Waals surface area contributed by atoms with Crippen molar-refractivity contribution in [2.75, 3.05) is 0 Å². The second-order valence-electron chi connectivity index (χ2n) is 5.48. The molecule has 0 aromatic carbocycles. The summed E-state index contributed by atoms with van der Waals surface area (Å²) in [4.78, 5) is 11.8. The van der Waals surface area contributed by atoms with Gasteiger partial charge in [-0.15, -0.1) is 0 Å². The van der Waals surface area contributed by atoms with E-state index in [1.165, 1.54) is 0 Å². The second-order valence-corrected chi connectivity index (χ2v) is 5.48. The van der Waals surface area contributed by atoms with Gasteiger partial charge in [0.15, 0.2) is 0 Å². The summed E-state index contributed by atoms with van der Waals surface area (Å²) in [5.74, 6) is 1.02. The standard InChI is InChI=1S/C13H20N2O2/c1-13(2,14)8-12(16)15-10-4-3-5-11-9(10)6-7-17-11/h6-7,10H,3-5,8,14H2,1-2H3,(H,15,16). The molecule has 1 unspecified atom stereocenters. The fourth-order valence-electron chi connectivity index (χ4n) is 2.30. The molecule has 0 spiro atoms. The number of aryl methyl sites for hydroxylation is 1. The lowest BCUT2D eigenvalue weighted by atomic mass is 9.93. The molecule has 0 saturated heterocycles. The molecule has 0 bridgehead atoms. The number of hydrogen-bond donors (Lipinski definition) is 2. The smallest absolute Gasteiger partial charge is 0.222 e. The molecule has 1 heterocycles. The Morgan fingerprint density at radius 1 is 1.65 bits per heavy atom. The highest BCUT2D eigenvalue weighted by Crippen LogP contribution is 2.30. The second kappa shape index (κ2) is 4.53. The lowest BCUT2D eigenvalue weighted by Gasteiger charge is -2.25. The molecule has 1 aromatic rings. The van der Waals surface area contributed by atoms with Gasteiger partial charge in [0.05, 0.1) is 12.3 Å². The minimum Gasteiger partial charge on any atom is -0.469 e. The zero-order valence-electron chi connectivity index (χ0n) is 10.5. The minimum absolute atomic E-state index is 0.0107. The summed E-state index contributed by atoms with van der Waals surface area (Å²) < 4.78 is 5.39. The maximum absolute atomic E-state index is 11.8. The Hall–Kier alpha value is -1.29. The first-order valence-corrected chi connectivity index (χ1v) is 6.10. The highest BCUT2D eigenvalue weighted by atomic mass is 16.3. The van der Waals surface area contributed by atoms with Crippen LogP contribution >= 0.6 is 0 Å². The summed E-state index contributed by atoms with van der Waals surface area (Å²) in [6.07, 6.45) is 5.04. The van der Waals surface area contributed by atoms with Gasteiger partial charge in [0, 0.05) is 23.9 Å². The Balaban J connectivity index is 2.00. The Morgan fingerprint density at radius 3 is 3.12 bits per heavy atom. The van der Waals surface area contributed by atoms with Crippen molar-refractivity contribution < 1.29 is 9.21 Å². The number of nitrogens with one attached hydrogen (secondary N) is 1. The molecule has 0 aliphatic heterocycles. The molecule has 1 atom stereocenters. The monoisotopic (exact) mass is 236 g/mol. The molecular formula is C13H20N2O2. The third-order valence-corrected chi connectivity index (χ3v) is 3.00. The quantitative estimate of drug-likeness (QED) is 0.842. The predicted octanol–water partition coefficient (Wildman–Crippen LogP) is 1.90. The largest absolute Gasteiger partial charge is 0.469 e. The van der Waals surface area contributed by atoms with E-state index >= 15 is 0 Å². The van der Waals surface area contributed by atoms with Gasteiger partial charge in [-0.25, -0.2) is 0 Å². The number of nitrogens with two attached hydrogens (primary N) is 1. The van der Waals surface area contributed by atoms with Crippen LogP contribution in [0.2, 0.25) is 0 Å². The van der Waals surface area contributed by atoms with Crippen LogP contribution in [-0.2, 0) is 11.2 Å². The fourth-order valence-corrected chi connectivity index (χ4v) is 2.30. The van der Waals surface area contributed by atoms with E-state index in [4.69, 9.17) is 10.2 Å². The molecule has 1 aliphatic carbocycles. The molecule has 2 rings (SSSR count). The van der Waals surface area contributed by atoms with Crippen LogP contribution in [0.4, 0.5) is 0 Å². The van der Waals surface area contributed by atoms with Crippen molar-refractivity contribution in [1.82, 2.24) is 5.32 Å². The zero-order chi connectivity index (χ0) is 12.5. The minimum atomic E-state index is -0.460. The van der Waals surface area contributed by atoms with Gasteiger partial charge in [0.1, 0.15) is 5.76 Å². The number of hydrogen-bond acceptors (Lipinski definition) is 3. The lowest BCUT2D eigenvalue weighted by Crippen LogP contribution is -2.40. The summed E-state index contributed by atoms with van der Waals surface area (Å²) in [5.41, 5.74) is 6.50. The molecule has 4 nitrogen and oxygen atoms in total. The maximum Gasteiger partial charge on any atom is 0.222 e. The first-order valence-electron chi connectivity index (χ1n) is 6.10. The van der Waals surface area contributed by atoms with E-state index in [9.17, 15) is 4.79 Å². The van der Waals surface area contributed by atoms with E-state index in [1.807, 2.05) is 19.9 Å². The third kappa shape index (κ3) is 3.09. The summed E-state index contributed by atoms with van der Waals surface area (Å²) in [5, 5.41) is 3.04. The van der Waals surface area contributed by atoms with Crippen molar-refractivity contribution in [1.29, 1.82) is 0 Å². The molecule has 1 amide bonds. The van der Waals surface area contributed by atoms with Gasteiger partial charge in [-0.1, -0.05) is 0 Å². The van der Waals surface area contributed by atoms with Gasteiger partial charge in [-0.3, -0.25) is 4.79 Å². The summed E-state index contributed by atoms with van der Waals surface area (Å²) in [7, 11) is 0. The Kier molecular flexibility index (Phi) is 3.24. The van der Waals surface area contributed by atoms with Crippen LogP contribution < -0.4 is 11.1 Å².